The Labute approximate surface area is 90.1 Å². The molecule has 0 atom stereocenters. The second kappa shape index (κ2) is 6.22. The largest absolute Gasteiger partial charge is 0.370 e. The summed E-state index contributed by atoms with van der Waals surface area (Å²) in [6, 6.07) is 1.51. The summed E-state index contributed by atoms with van der Waals surface area (Å²) in [5.41, 5.74) is -0.0835. The van der Waals surface area contributed by atoms with Crippen LogP contribution in [0.15, 0.2) is 10.9 Å². The first-order valence-electron chi connectivity index (χ1n) is 5.60. The molecule has 0 fully saturated rings. The fourth-order valence-electron chi connectivity index (χ4n) is 1.36. The number of hydrogen-bond donors (Lipinski definition) is 2. The molecule has 0 radical (unpaired) electrons. The molecule has 0 aliphatic carbocycles. The number of aromatic nitrogens is 2. The topological polar surface area (TPSA) is 57.8 Å². The minimum atomic E-state index is -0.0835. The lowest BCUT2D eigenvalue weighted by atomic mass is 10.2. The van der Waals surface area contributed by atoms with E-state index >= 15 is 0 Å². The lowest BCUT2D eigenvalue weighted by Gasteiger charge is -2.05. The predicted molar refractivity (Wildman–Crippen MR) is 62.3 cm³/mol. The quantitative estimate of drug-likeness (QED) is 0.704. The van der Waals surface area contributed by atoms with Gasteiger partial charge in [-0.15, -0.1) is 0 Å². The van der Waals surface area contributed by atoms with Crippen molar-refractivity contribution in [2.45, 2.75) is 39.5 Å². The highest BCUT2D eigenvalue weighted by Crippen LogP contribution is 2.01. The molecule has 0 aliphatic rings. The highest BCUT2D eigenvalue weighted by Gasteiger charge is 1.98. The van der Waals surface area contributed by atoms with E-state index in [2.05, 4.69) is 22.2 Å². The van der Waals surface area contributed by atoms with Gasteiger partial charge in [0.05, 0.1) is 0 Å². The molecule has 84 valence electrons. The van der Waals surface area contributed by atoms with Crippen molar-refractivity contribution in [3.63, 3.8) is 0 Å². The Kier molecular flexibility index (Phi) is 4.87. The first-order chi connectivity index (χ1) is 7.26. The fourth-order valence-corrected chi connectivity index (χ4v) is 1.36. The number of rotatable bonds is 6. The molecule has 1 heterocycles. The molecule has 1 aromatic rings. The maximum Gasteiger partial charge on any atom is 0.252 e. The molecule has 1 aromatic heterocycles. The molecular weight excluding hydrogens is 190 g/mol. The van der Waals surface area contributed by atoms with Gasteiger partial charge in [0.1, 0.15) is 11.6 Å². The zero-order valence-electron chi connectivity index (χ0n) is 9.47. The third-order valence-corrected chi connectivity index (χ3v) is 2.21. The molecule has 4 heteroatoms. The van der Waals surface area contributed by atoms with Crippen molar-refractivity contribution in [2.24, 2.45) is 0 Å². The minimum Gasteiger partial charge on any atom is -0.370 e. The molecule has 0 aliphatic heterocycles. The molecule has 2 N–H and O–H groups in total. The third-order valence-electron chi connectivity index (χ3n) is 2.21. The standard InChI is InChI=1S/C11H19N3O/c1-3-5-6-7-12-10-8-11(15)14-9(4-2)13-10/h8H,3-7H2,1-2H3,(H2,12,13,14,15). The van der Waals surface area contributed by atoms with E-state index in [4.69, 9.17) is 0 Å². The molecular formula is C11H19N3O. The number of H-pyrrole nitrogens is 1. The van der Waals surface area contributed by atoms with Gasteiger partial charge in [-0.2, -0.15) is 0 Å². The Bertz CT molecular complexity index is 346. The second-order valence-corrected chi connectivity index (χ2v) is 3.56. The van der Waals surface area contributed by atoms with Gasteiger partial charge in [-0.05, 0) is 6.42 Å². The number of hydrogen-bond acceptors (Lipinski definition) is 3. The first kappa shape index (κ1) is 11.8. The first-order valence-corrected chi connectivity index (χ1v) is 5.60. The summed E-state index contributed by atoms with van der Waals surface area (Å²) in [6.07, 6.45) is 4.27. The zero-order valence-corrected chi connectivity index (χ0v) is 9.47. The average molecular weight is 209 g/mol. The van der Waals surface area contributed by atoms with Crippen molar-refractivity contribution in [3.8, 4) is 0 Å². The molecule has 15 heavy (non-hydrogen) atoms. The van der Waals surface area contributed by atoms with Crippen LogP contribution in [0.2, 0.25) is 0 Å². The highest BCUT2D eigenvalue weighted by atomic mass is 16.1. The monoisotopic (exact) mass is 209 g/mol. The Morgan fingerprint density at radius 3 is 2.87 bits per heavy atom. The van der Waals surface area contributed by atoms with Crippen LogP contribution in [0.5, 0.6) is 0 Å². The second-order valence-electron chi connectivity index (χ2n) is 3.56. The highest BCUT2D eigenvalue weighted by molar-refractivity contribution is 5.32. The number of nitrogens with zero attached hydrogens (tertiary/aromatic N) is 1. The maximum absolute atomic E-state index is 11.2. The number of aromatic amines is 1. The van der Waals surface area contributed by atoms with Gasteiger partial charge in [0.15, 0.2) is 0 Å². The average Bonchev–Trinajstić information content (AvgIpc) is 2.23. The van der Waals surface area contributed by atoms with Crippen LogP contribution in [-0.2, 0) is 6.42 Å². The molecule has 0 saturated heterocycles. The van der Waals surface area contributed by atoms with E-state index in [1.807, 2.05) is 6.92 Å². The van der Waals surface area contributed by atoms with E-state index in [-0.39, 0.29) is 5.56 Å². The molecule has 0 amide bonds. The van der Waals surface area contributed by atoms with Gasteiger partial charge in [-0.1, -0.05) is 26.7 Å². The Hall–Kier alpha value is -1.32. The van der Waals surface area contributed by atoms with Gasteiger partial charge in [0.2, 0.25) is 0 Å². The Morgan fingerprint density at radius 1 is 1.40 bits per heavy atom. The van der Waals surface area contributed by atoms with E-state index in [1.54, 1.807) is 0 Å². The van der Waals surface area contributed by atoms with E-state index in [0.29, 0.717) is 5.82 Å². The van der Waals surface area contributed by atoms with Gasteiger partial charge in [-0.3, -0.25) is 4.79 Å². The van der Waals surface area contributed by atoms with Crippen LogP contribution in [0.3, 0.4) is 0 Å². The molecule has 0 unspecified atom stereocenters. The van der Waals surface area contributed by atoms with E-state index < -0.39 is 0 Å². The minimum absolute atomic E-state index is 0.0835. The van der Waals surface area contributed by atoms with Crippen molar-refractivity contribution in [3.05, 3.63) is 22.2 Å². The van der Waals surface area contributed by atoms with E-state index in [9.17, 15) is 4.79 Å². The predicted octanol–water partition coefficient (Wildman–Crippen LogP) is 1.93. The van der Waals surface area contributed by atoms with E-state index in [1.165, 1.54) is 18.9 Å². The summed E-state index contributed by atoms with van der Waals surface area (Å²) in [4.78, 5) is 18.2. The lowest BCUT2D eigenvalue weighted by molar-refractivity contribution is 0.741. The normalized spacial score (nSPS) is 10.3. The molecule has 0 aromatic carbocycles. The Morgan fingerprint density at radius 2 is 2.20 bits per heavy atom. The summed E-state index contributed by atoms with van der Waals surface area (Å²) in [5, 5.41) is 3.16. The number of anilines is 1. The van der Waals surface area contributed by atoms with Gasteiger partial charge < -0.3 is 10.3 Å². The van der Waals surface area contributed by atoms with Gasteiger partial charge in [0.25, 0.3) is 5.56 Å². The molecule has 0 saturated carbocycles. The van der Waals surface area contributed by atoms with Crippen molar-refractivity contribution in [2.75, 3.05) is 11.9 Å². The van der Waals surface area contributed by atoms with Crippen LogP contribution in [0.4, 0.5) is 5.82 Å². The number of unbranched alkanes of at least 4 members (excludes halogenated alkanes) is 2. The van der Waals surface area contributed by atoms with Crippen molar-refractivity contribution < 1.29 is 0 Å². The van der Waals surface area contributed by atoms with Crippen molar-refractivity contribution in [1.29, 1.82) is 0 Å². The van der Waals surface area contributed by atoms with Crippen LogP contribution >= 0.6 is 0 Å². The Balaban J connectivity index is 2.53. The maximum atomic E-state index is 11.2. The van der Waals surface area contributed by atoms with Crippen LogP contribution in [-0.4, -0.2) is 16.5 Å². The zero-order chi connectivity index (χ0) is 11.1. The third kappa shape index (κ3) is 4.14. The number of aryl methyl sites for hydroxylation is 1. The van der Waals surface area contributed by atoms with E-state index in [0.717, 1.165) is 25.2 Å². The van der Waals surface area contributed by atoms with Gasteiger partial charge >= 0.3 is 0 Å². The van der Waals surface area contributed by atoms with Crippen LogP contribution in [0, 0.1) is 0 Å². The van der Waals surface area contributed by atoms with Crippen LogP contribution < -0.4 is 10.9 Å². The summed E-state index contributed by atoms with van der Waals surface area (Å²) >= 11 is 0. The van der Waals surface area contributed by atoms with Crippen LogP contribution in [0.1, 0.15) is 38.9 Å². The summed E-state index contributed by atoms with van der Waals surface area (Å²) < 4.78 is 0. The molecule has 4 nitrogen and oxygen atoms in total. The molecule has 1 rings (SSSR count). The van der Waals surface area contributed by atoms with Crippen molar-refractivity contribution in [1.82, 2.24) is 9.97 Å². The smallest absolute Gasteiger partial charge is 0.252 e. The molecule has 0 bridgehead atoms. The lowest BCUT2D eigenvalue weighted by Crippen LogP contribution is -2.13. The SMILES string of the molecule is CCCCCNc1cc(=O)[nH]c(CC)n1. The number of nitrogens with one attached hydrogen (secondary N) is 2. The molecule has 0 spiro atoms. The summed E-state index contributed by atoms with van der Waals surface area (Å²) in [6.45, 7) is 5.02. The summed E-state index contributed by atoms with van der Waals surface area (Å²) in [7, 11) is 0. The van der Waals surface area contributed by atoms with Crippen molar-refractivity contribution >= 4 is 5.82 Å². The van der Waals surface area contributed by atoms with Gasteiger partial charge in [-0.25, -0.2) is 4.98 Å². The summed E-state index contributed by atoms with van der Waals surface area (Å²) in [5.74, 6) is 1.42. The van der Waals surface area contributed by atoms with Gasteiger partial charge in [0, 0.05) is 19.0 Å². The fraction of sp³-hybridized carbons (Fsp3) is 0.636. The van der Waals surface area contributed by atoms with Crippen LogP contribution in [0.25, 0.3) is 0 Å².